The van der Waals surface area contributed by atoms with Crippen molar-refractivity contribution in [1.82, 2.24) is 4.31 Å². The number of ether oxygens (including phenoxy) is 2. The number of morpholine rings is 1. The van der Waals surface area contributed by atoms with E-state index in [9.17, 15) is 18.0 Å². The van der Waals surface area contributed by atoms with Crippen LogP contribution in [0.3, 0.4) is 0 Å². The average molecular weight is 489 g/mol. The predicted molar refractivity (Wildman–Crippen MR) is 126 cm³/mol. The molecule has 1 aromatic heterocycles. The van der Waals surface area contributed by atoms with Gasteiger partial charge in [0.1, 0.15) is 4.88 Å². The van der Waals surface area contributed by atoms with E-state index in [2.05, 4.69) is 5.32 Å². The molecule has 174 valence electrons. The fourth-order valence-corrected chi connectivity index (χ4v) is 6.51. The van der Waals surface area contributed by atoms with Gasteiger partial charge >= 0.3 is 5.97 Å². The second kappa shape index (κ2) is 9.22. The number of sulfonamides is 1. The van der Waals surface area contributed by atoms with Crippen molar-refractivity contribution in [3.05, 3.63) is 59.0 Å². The molecule has 8 nitrogen and oxygen atoms in total. The van der Waals surface area contributed by atoms with Gasteiger partial charge in [-0.05, 0) is 44.2 Å². The molecule has 2 aromatic carbocycles. The summed E-state index contributed by atoms with van der Waals surface area (Å²) in [4.78, 5) is 25.6. The summed E-state index contributed by atoms with van der Waals surface area (Å²) in [6.07, 6.45) is -0.393. The molecule has 10 heteroatoms. The quantitative estimate of drug-likeness (QED) is 0.549. The van der Waals surface area contributed by atoms with Crippen LogP contribution in [0.15, 0.2) is 53.4 Å². The standard InChI is InChI=1S/C23H24N2O6S2/c1-14-12-25(13-15(2)31-14)33(28,29)17-10-8-16(9-11-17)22(26)24-20-18-6-4-5-7-19(18)32-21(20)23(27)30-3/h4-11,14-15H,12-13H2,1-3H3,(H,24,26)/t14-,15-/m1/s1. The molecule has 1 aliphatic rings. The molecule has 0 bridgehead atoms. The van der Waals surface area contributed by atoms with Crippen LogP contribution in [0.4, 0.5) is 5.69 Å². The molecule has 2 heterocycles. The van der Waals surface area contributed by atoms with Gasteiger partial charge < -0.3 is 14.8 Å². The van der Waals surface area contributed by atoms with Gasteiger partial charge in [-0.3, -0.25) is 4.79 Å². The second-order valence-electron chi connectivity index (χ2n) is 7.85. The monoisotopic (exact) mass is 488 g/mol. The van der Waals surface area contributed by atoms with Crippen molar-refractivity contribution in [3.8, 4) is 0 Å². The highest BCUT2D eigenvalue weighted by Gasteiger charge is 2.32. The molecule has 33 heavy (non-hydrogen) atoms. The Bertz CT molecular complexity index is 1290. The topological polar surface area (TPSA) is 102 Å². The maximum absolute atomic E-state index is 13.0. The lowest BCUT2D eigenvalue weighted by Crippen LogP contribution is -2.48. The van der Waals surface area contributed by atoms with Crippen molar-refractivity contribution in [2.75, 3.05) is 25.5 Å². The van der Waals surface area contributed by atoms with Crippen LogP contribution < -0.4 is 5.32 Å². The number of thiophene rings is 1. The highest BCUT2D eigenvalue weighted by molar-refractivity contribution is 7.89. The molecule has 2 atom stereocenters. The molecule has 1 fully saturated rings. The van der Waals surface area contributed by atoms with Gasteiger partial charge in [0.2, 0.25) is 10.0 Å². The lowest BCUT2D eigenvalue weighted by Gasteiger charge is -2.34. The number of anilines is 1. The van der Waals surface area contributed by atoms with Crippen LogP contribution in [0.2, 0.25) is 0 Å². The fourth-order valence-electron chi connectivity index (χ4n) is 3.85. The Morgan fingerprint density at radius 2 is 1.70 bits per heavy atom. The van der Waals surface area contributed by atoms with Crippen LogP contribution in [-0.2, 0) is 19.5 Å². The highest BCUT2D eigenvalue weighted by Crippen LogP contribution is 2.36. The first-order valence-corrected chi connectivity index (χ1v) is 12.6. The van der Waals surface area contributed by atoms with Crippen molar-refractivity contribution < 1.29 is 27.5 Å². The maximum Gasteiger partial charge on any atom is 0.350 e. The van der Waals surface area contributed by atoms with Gasteiger partial charge in [-0.1, -0.05) is 18.2 Å². The number of carbonyl (C=O) groups is 2. The summed E-state index contributed by atoms with van der Waals surface area (Å²) in [5, 5.41) is 3.52. The van der Waals surface area contributed by atoms with Gasteiger partial charge in [0.25, 0.3) is 5.91 Å². The predicted octanol–water partition coefficient (Wildman–Crippen LogP) is 3.74. The molecule has 0 spiro atoms. The molecule has 0 radical (unpaired) electrons. The second-order valence-corrected chi connectivity index (χ2v) is 10.8. The molecule has 1 amide bonds. The van der Waals surface area contributed by atoms with Crippen LogP contribution in [0.1, 0.15) is 33.9 Å². The fraction of sp³-hybridized carbons (Fsp3) is 0.304. The summed E-state index contributed by atoms with van der Waals surface area (Å²) < 4.78 is 38.8. The minimum atomic E-state index is -3.71. The first-order valence-electron chi connectivity index (χ1n) is 10.4. The summed E-state index contributed by atoms with van der Waals surface area (Å²) in [5.74, 6) is -0.997. The van der Waals surface area contributed by atoms with Gasteiger partial charge in [-0.2, -0.15) is 4.31 Å². The van der Waals surface area contributed by atoms with Crippen molar-refractivity contribution in [2.45, 2.75) is 31.0 Å². The summed E-state index contributed by atoms with van der Waals surface area (Å²) in [7, 11) is -2.42. The SMILES string of the molecule is COC(=O)c1sc2ccccc2c1NC(=O)c1ccc(S(=O)(=O)N2C[C@@H](C)O[C@H](C)C2)cc1. The van der Waals surface area contributed by atoms with Crippen molar-refractivity contribution in [3.63, 3.8) is 0 Å². The van der Waals surface area contributed by atoms with Gasteiger partial charge in [0, 0.05) is 28.7 Å². The molecule has 0 saturated carbocycles. The number of methoxy groups -OCH3 is 1. The van der Waals surface area contributed by atoms with E-state index in [0.717, 1.165) is 10.1 Å². The zero-order valence-electron chi connectivity index (χ0n) is 18.4. The number of carbonyl (C=O) groups excluding carboxylic acids is 2. The van der Waals surface area contributed by atoms with E-state index in [4.69, 9.17) is 9.47 Å². The van der Waals surface area contributed by atoms with Crippen LogP contribution >= 0.6 is 11.3 Å². The number of nitrogens with zero attached hydrogens (tertiary/aromatic N) is 1. The number of rotatable bonds is 5. The largest absolute Gasteiger partial charge is 0.465 e. The van der Waals surface area contributed by atoms with Crippen molar-refractivity contribution >= 4 is 49.0 Å². The molecular weight excluding hydrogens is 464 g/mol. The van der Waals surface area contributed by atoms with Crippen LogP contribution in [0.5, 0.6) is 0 Å². The van der Waals surface area contributed by atoms with Crippen LogP contribution in [0.25, 0.3) is 10.1 Å². The molecule has 0 aliphatic carbocycles. The van der Waals surface area contributed by atoms with E-state index in [1.165, 1.54) is 47.0 Å². The molecule has 1 aliphatic heterocycles. The number of hydrogen-bond acceptors (Lipinski definition) is 7. The van der Waals surface area contributed by atoms with E-state index in [0.29, 0.717) is 10.6 Å². The van der Waals surface area contributed by atoms with Crippen molar-refractivity contribution in [2.24, 2.45) is 0 Å². The Balaban J connectivity index is 1.58. The van der Waals surface area contributed by atoms with Crippen LogP contribution in [0, 0.1) is 0 Å². The molecule has 4 rings (SSSR count). The number of esters is 1. The summed E-state index contributed by atoms with van der Waals surface area (Å²) in [6.45, 7) is 4.22. The Morgan fingerprint density at radius 3 is 2.33 bits per heavy atom. The van der Waals surface area contributed by atoms with Crippen LogP contribution in [-0.4, -0.2) is 57.0 Å². The van der Waals surface area contributed by atoms with Crippen molar-refractivity contribution in [1.29, 1.82) is 0 Å². The van der Waals surface area contributed by atoms with Gasteiger partial charge in [0.05, 0.1) is 29.9 Å². The first-order chi connectivity index (χ1) is 15.7. The summed E-state index contributed by atoms with van der Waals surface area (Å²) >= 11 is 1.23. The zero-order chi connectivity index (χ0) is 23.8. The number of amides is 1. The Kier molecular flexibility index (Phi) is 6.53. The van der Waals surface area contributed by atoms with E-state index >= 15 is 0 Å². The van der Waals surface area contributed by atoms with E-state index < -0.39 is 21.9 Å². The molecular formula is C23H24N2O6S2. The third-order valence-corrected chi connectivity index (χ3v) is 8.34. The summed E-state index contributed by atoms with van der Waals surface area (Å²) in [6, 6.07) is 13.1. The molecule has 3 aromatic rings. The minimum absolute atomic E-state index is 0.108. The van der Waals surface area contributed by atoms with Gasteiger partial charge in [-0.15, -0.1) is 11.3 Å². The third kappa shape index (κ3) is 4.65. The smallest absolute Gasteiger partial charge is 0.350 e. The van der Waals surface area contributed by atoms with E-state index in [-0.39, 0.29) is 35.8 Å². The normalized spacial score (nSPS) is 19.4. The van der Waals surface area contributed by atoms with Gasteiger partial charge in [0.15, 0.2) is 0 Å². The van der Waals surface area contributed by atoms with Gasteiger partial charge in [-0.25, -0.2) is 13.2 Å². The van der Waals surface area contributed by atoms with E-state index in [1.54, 1.807) is 0 Å². The molecule has 1 saturated heterocycles. The number of fused-ring (bicyclic) bond motifs is 1. The Hall–Kier alpha value is -2.79. The molecule has 0 unspecified atom stereocenters. The molecule has 1 N–H and O–H groups in total. The lowest BCUT2D eigenvalue weighted by atomic mass is 10.2. The third-order valence-electron chi connectivity index (χ3n) is 5.35. The number of nitrogens with one attached hydrogen (secondary N) is 1. The Morgan fingerprint density at radius 1 is 1.06 bits per heavy atom. The Labute approximate surface area is 196 Å². The number of benzene rings is 2. The maximum atomic E-state index is 13.0. The average Bonchev–Trinajstić information content (AvgIpc) is 3.16. The summed E-state index contributed by atoms with van der Waals surface area (Å²) in [5.41, 5.74) is 0.643. The van der Waals surface area contributed by atoms with E-state index in [1.807, 2.05) is 38.1 Å². The first kappa shape index (κ1) is 23.4. The zero-order valence-corrected chi connectivity index (χ0v) is 20.0. The minimum Gasteiger partial charge on any atom is -0.465 e. The number of hydrogen-bond donors (Lipinski definition) is 1. The lowest BCUT2D eigenvalue weighted by molar-refractivity contribution is -0.0440. The highest BCUT2D eigenvalue weighted by atomic mass is 32.2.